The summed E-state index contributed by atoms with van der Waals surface area (Å²) in [6, 6.07) is 5.38. The van der Waals surface area contributed by atoms with Gasteiger partial charge in [0.25, 0.3) is 0 Å². The molecule has 0 aliphatic heterocycles. The Labute approximate surface area is 87.2 Å². The fourth-order valence-electron chi connectivity index (χ4n) is 1.17. The van der Waals surface area contributed by atoms with E-state index in [-0.39, 0.29) is 0 Å². The van der Waals surface area contributed by atoms with Crippen molar-refractivity contribution in [2.75, 3.05) is 20.0 Å². The molecule has 0 bridgehead atoms. The Hall–Kier alpha value is -0.870. The van der Waals surface area contributed by atoms with Crippen LogP contribution in [0.3, 0.4) is 0 Å². The van der Waals surface area contributed by atoms with Crippen LogP contribution in [-0.4, -0.2) is 24.5 Å². The molecule has 14 heavy (non-hydrogen) atoms. The maximum Gasteiger partial charge on any atom is 0.216 e. The molecule has 0 N–H and O–H groups in total. The molecule has 1 atom stereocenters. The van der Waals surface area contributed by atoms with E-state index in [9.17, 15) is 4.55 Å². The lowest BCUT2D eigenvalue weighted by Crippen LogP contribution is -2.04. The van der Waals surface area contributed by atoms with Crippen molar-refractivity contribution in [2.45, 2.75) is 11.8 Å². The molecule has 0 fully saturated rings. The van der Waals surface area contributed by atoms with Gasteiger partial charge in [0.1, 0.15) is 6.26 Å². The first-order valence-electron chi connectivity index (χ1n) is 4.34. The van der Waals surface area contributed by atoms with Gasteiger partial charge in [0, 0.05) is 0 Å². The quantitative estimate of drug-likeness (QED) is 0.718. The van der Waals surface area contributed by atoms with Crippen LogP contribution in [0.25, 0.3) is 0 Å². The van der Waals surface area contributed by atoms with Gasteiger partial charge in [-0.15, -0.1) is 0 Å². The molecule has 0 saturated carbocycles. The molecule has 1 aromatic carbocycles. The Morgan fingerprint density at radius 1 is 1.43 bits per heavy atom. The molecule has 0 amide bonds. The summed E-state index contributed by atoms with van der Waals surface area (Å²) in [4.78, 5) is 0.672. The lowest BCUT2D eigenvalue weighted by atomic mass is 10.3. The summed E-state index contributed by atoms with van der Waals surface area (Å²) < 4.78 is 21.9. The van der Waals surface area contributed by atoms with Gasteiger partial charge in [0.2, 0.25) is 5.75 Å². The molecule has 0 aromatic heterocycles. The summed E-state index contributed by atoms with van der Waals surface area (Å²) >= 11 is -1.06. The van der Waals surface area contributed by atoms with E-state index in [1.807, 2.05) is 6.92 Å². The zero-order chi connectivity index (χ0) is 10.6. The minimum atomic E-state index is -1.06. The van der Waals surface area contributed by atoms with Gasteiger partial charge < -0.3 is 14.0 Å². The fourth-order valence-corrected chi connectivity index (χ4v) is 1.86. The predicted octanol–water partition coefficient (Wildman–Crippen LogP) is 1.83. The lowest BCUT2D eigenvalue weighted by Gasteiger charge is -2.13. The topological polar surface area (TPSA) is 41.5 Å². The molecule has 0 aliphatic carbocycles. The average molecular weight is 214 g/mol. The van der Waals surface area contributed by atoms with E-state index in [1.165, 1.54) is 0 Å². The smallest absolute Gasteiger partial charge is 0.216 e. The van der Waals surface area contributed by atoms with Crippen LogP contribution in [-0.2, 0) is 11.2 Å². The van der Waals surface area contributed by atoms with E-state index >= 15 is 0 Å². The summed E-state index contributed by atoms with van der Waals surface area (Å²) in [5.74, 6) is 1.21. The van der Waals surface area contributed by atoms with Crippen molar-refractivity contribution < 1.29 is 14.0 Å². The molecular weight excluding hydrogens is 200 g/mol. The van der Waals surface area contributed by atoms with Crippen LogP contribution in [0.5, 0.6) is 11.5 Å². The highest BCUT2D eigenvalue weighted by Gasteiger charge is 2.17. The number of hydrogen-bond acceptors (Lipinski definition) is 3. The van der Waals surface area contributed by atoms with E-state index in [2.05, 4.69) is 0 Å². The van der Waals surface area contributed by atoms with Gasteiger partial charge in [-0.1, -0.05) is 6.07 Å². The second-order valence-electron chi connectivity index (χ2n) is 2.67. The normalized spacial score (nSPS) is 12.3. The third-order valence-corrected chi connectivity index (χ3v) is 2.70. The largest absolute Gasteiger partial charge is 0.612 e. The zero-order valence-electron chi connectivity index (χ0n) is 8.57. The van der Waals surface area contributed by atoms with Crippen LogP contribution in [0.2, 0.25) is 0 Å². The fraction of sp³-hybridized carbons (Fsp3) is 0.400. The third kappa shape index (κ3) is 2.33. The Kier molecular flexibility index (Phi) is 4.10. The van der Waals surface area contributed by atoms with Gasteiger partial charge in [-0.05, 0) is 30.2 Å². The van der Waals surface area contributed by atoms with Gasteiger partial charge in [-0.3, -0.25) is 0 Å². The Balaban J connectivity index is 3.13. The van der Waals surface area contributed by atoms with Crippen LogP contribution in [0.4, 0.5) is 0 Å². The third-order valence-electron chi connectivity index (χ3n) is 1.76. The molecule has 4 heteroatoms. The highest BCUT2D eigenvalue weighted by atomic mass is 32.2. The molecule has 1 aromatic rings. The Morgan fingerprint density at radius 2 is 2.14 bits per heavy atom. The number of benzene rings is 1. The standard InChI is InChI=1S/C10H14O3S/c1-4-13-10-8(12-2)6-5-7-9(10)14(3)11/h5-7H,4H2,1-3H3. The van der Waals surface area contributed by atoms with E-state index in [1.54, 1.807) is 31.6 Å². The van der Waals surface area contributed by atoms with Crippen LogP contribution in [0.1, 0.15) is 6.92 Å². The SMILES string of the molecule is CCOc1c(OC)cccc1[S+](C)[O-]. The summed E-state index contributed by atoms with van der Waals surface area (Å²) in [6.45, 7) is 2.42. The molecule has 0 aliphatic rings. The van der Waals surface area contributed by atoms with Gasteiger partial charge >= 0.3 is 0 Å². The van der Waals surface area contributed by atoms with Crippen LogP contribution in [0.15, 0.2) is 23.1 Å². The maximum absolute atomic E-state index is 11.4. The van der Waals surface area contributed by atoms with Crippen molar-refractivity contribution in [1.82, 2.24) is 0 Å². The maximum atomic E-state index is 11.4. The predicted molar refractivity (Wildman–Crippen MR) is 56.5 cm³/mol. The molecule has 0 spiro atoms. The zero-order valence-corrected chi connectivity index (χ0v) is 9.39. The number of para-hydroxylation sites is 1. The monoisotopic (exact) mass is 214 g/mol. The summed E-state index contributed by atoms with van der Waals surface area (Å²) in [7, 11) is 1.57. The van der Waals surface area contributed by atoms with E-state index in [0.717, 1.165) is 0 Å². The summed E-state index contributed by atoms with van der Waals surface area (Å²) in [5, 5.41) is 0. The molecule has 1 unspecified atom stereocenters. The van der Waals surface area contributed by atoms with Gasteiger partial charge in [0.05, 0.1) is 13.7 Å². The molecule has 1 rings (SSSR count). The second kappa shape index (κ2) is 5.12. The molecule has 0 heterocycles. The Morgan fingerprint density at radius 3 is 2.64 bits per heavy atom. The first-order chi connectivity index (χ1) is 6.70. The van der Waals surface area contributed by atoms with Crippen molar-refractivity contribution in [1.29, 1.82) is 0 Å². The van der Waals surface area contributed by atoms with E-state index in [4.69, 9.17) is 9.47 Å². The number of rotatable bonds is 4. The number of hydrogen-bond donors (Lipinski definition) is 0. The molecule has 0 radical (unpaired) electrons. The van der Waals surface area contributed by atoms with E-state index < -0.39 is 11.2 Å². The van der Waals surface area contributed by atoms with Gasteiger partial charge in [0.15, 0.2) is 10.6 Å². The summed E-state index contributed by atoms with van der Waals surface area (Å²) in [5.41, 5.74) is 0. The Bertz CT molecular complexity index is 299. The number of methoxy groups -OCH3 is 1. The number of ether oxygens (including phenoxy) is 2. The van der Waals surface area contributed by atoms with Gasteiger partial charge in [-0.25, -0.2) is 0 Å². The lowest BCUT2D eigenvalue weighted by molar-refractivity contribution is 0.302. The first-order valence-corrected chi connectivity index (χ1v) is 5.89. The molecule has 3 nitrogen and oxygen atoms in total. The van der Waals surface area contributed by atoms with Crippen LogP contribution < -0.4 is 9.47 Å². The van der Waals surface area contributed by atoms with Crippen molar-refractivity contribution in [3.63, 3.8) is 0 Å². The minimum absolute atomic E-state index is 0.532. The highest BCUT2D eigenvalue weighted by Crippen LogP contribution is 2.33. The van der Waals surface area contributed by atoms with Crippen molar-refractivity contribution in [3.05, 3.63) is 18.2 Å². The van der Waals surface area contributed by atoms with E-state index in [0.29, 0.717) is 23.0 Å². The molecule has 0 saturated heterocycles. The van der Waals surface area contributed by atoms with Gasteiger partial charge in [-0.2, -0.15) is 0 Å². The highest BCUT2D eigenvalue weighted by molar-refractivity contribution is 7.90. The average Bonchev–Trinajstić information content (AvgIpc) is 2.18. The van der Waals surface area contributed by atoms with Crippen molar-refractivity contribution in [2.24, 2.45) is 0 Å². The van der Waals surface area contributed by atoms with Crippen LogP contribution in [0, 0.1) is 0 Å². The first kappa shape index (κ1) is 11.2. The van der Waals surface area contributed by atoms with Crippen molar-refractivity contribution in [3.8, 4) is 11.5 Å². The van der Waals surface area contributed by atoms with Crippen LogP contribution >= 0.6 is 0 Å². The van der Waals surface area contributed by atoms with Crippen molar-refractivity contribution >= 4 is 11.2 Å². The molecular formula is C10H14O3S. The molecule has 78 valence electrons. The minimum Gasteiger partial charge on any atom is -0.612 e. The second-order valence-corrected chi connectivity index (χ2v) is 4.02. The summed E-state index contributed by atoms with van der Waals surface area (Å²) in [6.07, 6.45) is 1.62.